The molecule has 8 heteroatoms. The van der Waals surface area contributed by atoms with E-state index >= 15 is 0 Å². The number of alkyl halides is 3. The number of halogens is 3. The molecular formula is C20H24F3N3O2. The van der Waals surface area contributed by atoms with E-state index in [9.17, 15) is 13.2 Å². The summed E-state index contributed by atoms with van der Waals surface area (Å²) in [7, 11) is 3.14. The molecule has 0 aliphatic rings. The van der Waals surface area contributed by atoms with Crippen LogP contribution in [-0.2, 0) is 19.3 Å². The molecule has 0 bridgehead atoms. The van der Waals surface area contributed by atoms with E-state index < -0.39 is 11.7 Å². The Labute approximate surface area is 162 Å². The van der Waals surface area contributed by atoms with Crippen molar-refractivity contribution in [3.05, 3.63) is 59.2 Å². The fourth-order valence-electron chi connectivity index (χ4n) is 2.49. The molecule has 28 heavy (non-hydrogen) atoms. The monoisotopic (exact) mass is 395 g/mol. The standard InChI is InChI=1S/C20H24F3N3O2/c1-4-24-19(25-12-14-5-8-16(9-6-14)20(21,22)23)26-13-15-7-10-17(27-2)18(11-15)28-3/h5-11H,4,12-13H2,1-3H3,(H2,24,25,26). The minimum Gasteiger partial charge on any atom is -0.493 e. The number of rotatable bonds is 7. The van der Waals surface area contributed by atoms with Crippen molar-refractivity contribution in [2.75, 3.05) is 20.8 Å². The van der Waals surface area contributed by atoms with Crippen molar-refractivity contribution in [1.82, 2.24) is 10.6 Å². The molecule has 0 saturated heterocycles. The normalized spacial score (nSPS) is 11.9. The fraction of sp³-hybridized carbons (Fsp3) is 0.350. The Morgan fingerprint density at radius 1 is 0.929 bits per heavy atom. The Kier molecular flexibility index (Phi) is 7.54. The summed E-state index contributed by atoms with van der Waals surface area (Å²) in [4.78, 5) is 4.50. The highest BCUT2D eigenvalue weighted by atomic mass is 19.4. The van der Waals surface area contributed by atoms with Crippen molar-refractivity contribution < 1.29 is 22.6 Å². The predicted octanol–water partition coefficient (Wildman–Crippen LogP) is 3.98. The first-order valence-electron chi connectivity index (χ1n) is 8.76. The van der Waals surface area contributed by atoms with Gasteiger partial charge in [-0.3, -0.25) is 0 Å². The Hall–Kier alpha value is -2.90. The zero-order chi connectivity index (χ0) is 20.6. The first kappa shape index (κ1) is 21.4. The van der Waals surface area contributed by atoms with Crippen LogP contribution in [0.4, 0.5) is 13.2 Å². The molecule has 0 aromatic heterocycles. The van der Waals surface area contributed by atoms with Gasteiger partial charge < -0.3 is 20.1 Å². The lowest BCUT2D eigenvalue weighted by Gasteiger charge is -2.13. The van der Waals surface area contributed by atoms with Crippen LogP contribution in [0.15, 0.2) is 47.5 Å². The largest absolute Gasteiger partial charge is 0.493 e. The zero-order valence-corrected chi connectivity index (χ0v) is 16.1. The average molecular weight is 395 g/mol. The van der Waals surface area contributed by atoms with Gasteiger partial charge in [0.15, 0.2) is 17.5 Å². The third kappa shape index (κ3) is 6.07. The van der Waals surface area contributed by atoms with Gasteiger partial charge in [-0.1, -0.05) is 18.2 Å². The lowest BCUT2D eigenvalue weighted by molar-refractivity contribution is -0.137. The fourth-order valence-corrected chi connectivity index (χ4v) is 2.49. The number of methoxy groups -OCH3 is 2. The molecule has 2 N–H and O–H groups in total. The van der Waals surface area contributed by atoms with Crippen molar-refractivity contribution >= 4 is 5.96 Å². The number of benzene rings is 2. The molecule has 0 saturated carbocycles. The van der Waals surface area contributed by atoms with Crippen molar-refractivity contribution in [3.63, 3.8) is 0 Å². The van der Waals surface area contributed by atoms with E-state index in [0.29, 0.717) is 37.1 Å². The highest BCUT2D eigenvalue weighted by molar-refractivity contribution is 5.79. The maximum Gasteiger partial charge on any atom is 0.416 e. The van der Waals surface area contributed by atoms with E-state index in [1.54, 1.807) is 14.2 Å². The maximum absolute atomic E-state index is 12.6. The molecule has 0 radical (unpaired) electrons. The molecule has 0 aliphatic carbocycles. The molecule has 2 aromatic rings. The number of guanidine groups is 1. The van der Waals surface area contributed by atoms with Crippen LogP contribution in [0.2, 0.25) is 0 Å². The van der Waals surface area contributed by atoms with Crippen LogP contribution in [0.1, 0.15) is 23.6 Å². The molecule has 5 nitrogen and oxygen atoms in total. The summed E-state index contributed by atoms with van der Waals surface area (Å²) in [6.45, 7) is 3.36. The summed E-state index contributed by atoms with van der Waals surface area (Å²) in [6.07, 6.45) is -4.33. The lowest BCUT2D eigenvalue weighted by Crippen LogP contribution is -2.36. The van der Waals surface area contributed by atoms with Gasteiger partial charge in [0.1, 0.15) is 0 Å². The number of hydrogen-bond acceptors (Lipinski definition) is 3. The molecule has 0 atom stereocenters. The molecule has 0 heterocycles. The van der Waals surface area contributed by atoms with Gasteiger partial charge in [0.05, 0.1) is 26.3 Å². The summed E-state index contributed by atoms with van der Waals surface area (Å²) in [6, 6.07) is 10.6. The molecule has 2 aromatic carbocycles. The molecular weight excluding hydrogens is 371 g/mol. The Morgan fingerprint density at radius 2 is 1.57 bits per heavy atom. The van der Waals surface area contributed by atoms with Crippen LogP contribution < -0.4 is 20.1 Å². The second-order valence-corrected chi connectivity index (χ2v) is 5.93. The smallest absolute Gasteiger partial charge is 0.416 e. The Morgan fingerprint density at radius 3 is 2.14 bits per heavy atom. The van der Waals surface area contributed by atoms with Crippen molar-refractivity contribution in [2.24, 2.45) is 4.99 Å². The van der Waals surface area contributed by atoms with Gasteiger partial charge in [-0.15, -0.1) is 0 Å². The number of hydrogen-bond donors (Lipinski definition) is 2. The van der Waals surface area contributed by atoms with Gasteiger partial charge in [-0.05, 0) is 42.3 Å². The van der Waals surface area contributed by atoms with E-state index in [-0.39, 0.29) is 0 Å². The zero-order valence-electron chi connectivity index (χ0n) is 16.1. The van der Waals surface area contributed by atoms with Crippen molar-refractivity contribution in [1.29, 1.82) is 0 Å². The molecule has 0 spiro atoms. The number of nitrogens with zero attached hydrogens (tertiary/aromatic N) is 1. The number of ether oxygens (including phenoxy) is 2. The average Bonchev–Trinajstić information content (AvgIpc) is 2.69. The number of nitrogens with one attached hydrogen (secondary N) is 2. The summed E-state index contributed by atoms with van der Waals surface area (Å²) < 4.78 is 48.4. The lowest BCUT2D eigenvalue weighted by atomic mass is 10.1. The molecule has 152 valence electrons. The quantitative estimate of drug-likeness (QED) is 0.550. The van der Waals surface area contributed by atoms with Crippen LogP contribution in [0, 0.1) is 0 Å². The highest BCUT2D eigenvalue weighted by Gasteiger charge is 2.29. The van der Waals surface area contributed by atoms with Crippen LogP contribution >= 0.6 is 0 Å². The second-order valence-electron chi connectivity index (χ2n) is 5.93. The highest BCUT2D eigenvalue weighted by Crippen LogP contribution is 2.29. The first-order chi connectivity index (χ1) is 13.4. The van der Waals surface area contributed by atoms with Crippen LogP contribution in [0.5, 0.6) is 11.5 Å². The van der Waals surface area contributed by atoms with E-state index in [2.05, 4.69) is 15.6 Å². The summed E-state index contributed by atoms with van der Waals surface area (Å²) in [5, 5.41) is 6.23. The molecule has 0 amide bonds. The van der Waals surface area contributed by atoms with E-state index in [0.717, 1.165) is 23.3 Å². The van der Waals surface area contributed by atoms with Gasteiger partial charge in [-0.25, -0.2) is 4.99 Å². The van der Waals surface area contributed by atoms with Crippen LogP contribution in [0.25, 0.3) is 0 Å². The van der Waals surface area contributed by atoms with Gasteiger partial charge in [-0.2, -0.15) is 13.2 Å². The molecule has 0 fully saturated rings. The molecule has 0 unspecified atom stereocenters. The predicted molar refractivity (Wildman–Crippen MR) is 103 cm³/mol. The van der Waals surface area contributed by atoms with Crippen LogP contribution in [-0.4, -0.2) is 26.7 Å². The topological polar surface area (TPSA) is 54.9 Å². The second kappa shape index (κ2) is 9.87. The van der Waals surface area contributed by atoms with Gasteiger partial charge in [0, 0.05) is 13.1 Å². The van der Waals surface area contributed by atoms with Crippen molar-refractivity contribution in [3.8, 4) is 11.5 Å². The minimum atomic E-state index is -4.33. The summed E-state index contributed by atoms with van der Waals surface area (Å²) >= 11 is 0. The molecule has 2 rings (SSSR count). The third-order valence-electron chi connectivity index (χ3n) is 3.95. The van der Waals surface area contributed by atoms with Crippen molar-refractivity contribution in [2.45, 2.75) is 26.2 Å². The number of aliphatic imine (C=N–C) groups is 1. The minimum absolute atomic E-state index is 0.357. The van der Waals surface area contributed by atoms with Gasteiger partial charge in [0.25, 0.3) is 0 Å². The summed E-state index contributed by atoms with van der Waals surface area (Å²) in [5.41, 5.74) is 0.999. The van der Waals surface area contributed by atoms with E-state index in [1.807, 2.05) is 25.1 Å². The third-order valence-corrected chi connectivity index (χ3v) is 3.95. The first-order valence-corrected chi connectivity index (χ1v) is 8.76. The Balaban J connectivity index is 2.02. The van der Waals surface area contributed by atoms with E-state index in [1.165, 1.54) is 12.1 Å². The SMILES string of the molecule is CCNC(=NCc1ccc(OC)c(OC)c1)NCc1ccc(C(F)(F)F)cc1. The molecule has 0 aliphatic heterocycles. The van der Waals surface area contributed by atoms with Gasteiger partial charge in [0.2, 0.25) is 0 Å². The summed E-state index contributed by atoms with van der Waals surface area (Å²) in [5.74, 6) is 1.83. The van der Waals surface area contributed by atoms with Crippen LogP contribution in [0.3, 0.4) is 0 Å². The van der Waals surface area contributed by atoms with E-state index in [4.69, 9.17) is 9.47 Å². The van der Waals surface area contributed by atoms with Gasteiger partial charge >= 0.3 is 6.18 Å². The Bertz CT molecular complexity index is 790. The maximum atomic E-state index is 12.6.